The van der Waals surface area contributed by atoms with Crippen molar-refractivity contribution < 1.29 is 17.9 Å². The van der Waals surface area contributed by atoms with E-state index in [4.69, 9.17) is 15.2 Å². The fourth-order valence-electron chi connectivity index (χ4n) is 0.769. The summed E-state index contributed by atoms with van der Waals surface area (Å²) in [5.41, 5.74) is 5.26. The van der Waals surface area contributed by atoms with Gasteiger partial charge in [0.25, 0.3) is 0 Å². The van der Waals surface area contributed by atoms with E-state index >= 15 is 0 Å². The molecule has 0 radical (unpaired) electrons. The van der Waals surface area contributed by atoms with Crippen molar-refractivity contribution in [2.75, 3.05) is 40.0 Å². The van der Waals surface area contributed by atoms with Gasteiger partial charge in [-0.05, 0) is 6.92 Å². The molecule has 0 aliphatic heterocycles. The van der Waals surface area contributed by atoms with Crippen LogP contribution >= 0.6 is 0 Å². The third kappa shape index (κ3) is 6.80. The van der Waals surface area contributed by atoms with E-state index in [0.717, 1.165) is 0 Å². The molecular weight excluding hydrogens is 220 g/mol. The Morgan fingerprint density at radius 2 is 2.00 bits per heavy atom. The van der Waals surface area contributed by atoms with Crippen molar-refractivity contribution in [3.05, 3.63) is 0 Å². The molecule has 0 amide bonds. The zero-order valence-electron chi connectivity index (χ0n) is 9.23. The van der Waals surface area contributed by atoms with E-state index in [-0.39, 0.29) is 13.1 Å². The van der Waals surface area contributed by atoms with Crippen LogP contribution in [0, 0.1) is 0 Å². The molecule has 15 heavy (non-hydrogen) atoms. The Morgan fingerprint density at radius 1 is 1.33 bits per heavy atom. The fourth-order valence-corrected chi connectivity index (χ4v) is 1.68. The number of nitrogens with two attached hydrogens (primary N) is 1. The summed E-state index contributed by atoms with van der Waals surface area (Å²) in [6.07, 6.45) is 0. The normalized spacial score (nSPS) is 14.1. The highest BCUT2D eigenvalue weighted by atomic mass is 32.2. The minimum Gasteiger partial charge on any atom is -0.382 e. The van der Waals surface area contributed by atoms with Crippen LogP contribution in [0.5, 0.6) is 0 Å². The number of nitrogens with one attached hydrogen (secondary N) is 1. The van der Waals surface area contributed by atoms with Crippen LogP contribution in [0.15, 0.2) is 0 Å². The molecule has 7 heteroatoms. The molecule has 6 nitrogen and oxygen atoms in total. The molecule has 1 unspecified atom stereocenters. The van der Waals surface area contributed by atoms with E-state index in [1.807, 2.05) is 0 Å². The molecule has 3 N–H and O–H groups in total. The lowest BCUT2D eigenvalue weighted by Crippen LogP contribution is -2.38. The highest BCUT2D eigenvalue weighted by Gasteiger charge is 2.17. The topological polar surface area (TPSA) is 90.6 Å². The predicted molar refractivity (Wildman–Crippen MR) is 58.1 cm³/mol. The molecule has 0 bridgehead atoms. The van der Waals surface area contributed by atoms with Crippen LogP contribution in [0.25, 0.3) is 0 Å². The molecule has 0 aromatic rings. The summed E-state index contributed by atoms with van der Waals surface area (Å²) in [6.45, 7) is 3.24. The fraction of sp³-hybridized carbons (Fsp3) is 1.00. The molecule has 0 aliphatic rings. The van der Waals surface area contributed by atoms with Crippen LogP contribution in [-0.4, -0.2) is 53.7 Å². The van der Waals surface area contributed by atoms with Gasteiger partial charge in [-0.15, -0.1) is 0 Å². The first-order chi connectivity index (χ1) is 7.04. The van der Waals surface area contributed by atoms with E-state index in [9.17, 15) is 8.42 Å². The maximum Gasteiger partial charge on any atom is 0.215 e. The molecule has 0 rings (SSSR count). The first kappa shape index (κ1) is 14.8. The van der Waals surface area contributed by atoms with Crippen molar-refractivity contribution in [2.24, 2.45) is 5.73 Å². The minimum atomic E-state index is -3.29. The zero-order valence-corrected chi connectivity index (χ0v) is 10.0. The second kappa shape index (κ2) is 8.00. The van der Waals surface area contributed by atoms with Gasteiger partial charge < -0.3 is 15.2 Å². The second-order valence-corrected chi connectivity index (χ2v) is 5.27. The van der Waals surface area contributed by atoms with Gasteiger partial charge in [-0.25, -0.2) is 13.1 Å². The number of hydrogen-bond acceptors (Lipinski definition) is 5. The predicted octanol–water partition coefficient (Wildman–Crippen LogP) is -1.08. The van der Waals surface area contributed by atoms with Crippen LogP contribution in [0.2, 0.25) is 0 Å². The van der Waals surface area contributed by atoms with Gasteiger partial charge >= 0.3 is 0 Å². The van der Waals surface area contributed by atoms with Gasteiger partial charge in [0.2, 0.25) is 10.0 Å². The largest absolute Gasteiger partial charge is 0.382 e. The summed E-state index contributed by atoms with van der Waals surface area (Å²) in [5, 5.41) is -0.573. The molecule has 0 spiro atoms. The Labute approximate surface area is 91.2 Å². The van der Waals surface area contributed by atoms with Crippen LogP contribution in [-0.2, 0) is 19.5 Å². The first-order valence-corrected chi connectivity index (χ1v) is 6.34. The summed E-state index contributed by atoms with van der Waals surface area (Å²) in [5.74, 6) is 0. The van der Waals surface area contributed by atoms with E-state index in [2.05, 4.69) is 4.72 Å². The molecule has 0 aromatic heterocycles. The molecule has 92 valence electrons. The maximum absolute atomic E-state index is 11.4. The molecule has 0 saturated heterocycles. The minimum absolute atomic E-state index is 0.111. The molecule has 0 heterocycles. The van der Waals surface area contributed by atoms with Crippen molar-refractivity contribution in [3.63, 3.8) is 0 Å². The standard InChI is InChI=1S/C8H20N2O4S/c1-8(7-9)15(11,12)10-3-4-14-6-5-13-2/h8,10H,3-7,9H2,1-2H3. The highest BCUT2D eigenvalue weighted by Crippen LogP contribution is 1.94. The third-order valence-electron chi connectivity index (χ3n) is 1.84. The number of methoxy groups -OCH3 is 1. The van der Waals surface area contributed by atoms with E-state index in [1.54, 1.807) is 14.0 Å². The van der Waals surface area contributed by atoms with Crippen LogP contribution in [0.4, 0.5) is 0 Å². The third-order valence-corrected chi connectivity index (χ3v) is 3.70. The maximum atomic E-state index is 11.4. The molecule has 0 aromatic carbocycles. The summed E-state index contributed by atoms with van der Waals surface area (Å²) >= 11 is 0. The Kier molecular flexibility index (Phi) is 7.89. The Balaban J connectivity index is 3.58. The van der Waals surface area contributed by atoms with Gasteiger partial charge in [-0.1, -0.05) is 0 Å². The van der Waals surface area contributed by atoms with E-state index in [1.165, 1.54) is 0 Å². The van der Waals surface area contributed by atoms with Gasteiger partial charge in [0.05, 0.1) is 25.1 Å². The second-order valence-electron chi connectivity index (χ2n) is 3.09. The average molecular weight is 240 g/mol. The highest BCUT2D eigenvalue weighted by molar-refractivity contribution is 7.90. The Bertz CT molecular complexity index is 243. The van der Waals surface area contributed by atoms with Crippen molar-refractivity contribution in [1.82, 2.24) is 4.72 Å². The number of hydrogen-bond donors (Lipinski definition) is 2. The monoisotopic (exact) mass is 240 g/mol. The van der Waals surface area contributed by atoms with Gasteiger partial charge in [0, 0.05) is 20.2 Å². The number of sulfonamides is 1. The lowest BCUT2D eigenvalue weighted by molar-refractivity contribution is 0.0736. The number of rotatable bonds is 9. The molecule has 1 atom stereocenters. The summed E-state index contributed by atoms with van der Waals surface area (Å²) in [6, 6.07) is 0. The molecular formula is C8H20N2O4S. The van der Waals surface area contributed by atoms with Gasteiger partial charge in [0.15, 0.2) is 0 Å². The van der Waals surface area contributed by atoms with Gasteiger partial charge in [-0.2, -0.15) is 0 Å². The van der Waals surface area contributed by atoms with E-state index < -0.39 is 15.3 Å². The smallest absolute Gasteiger partial charge is 0.215 e. The number of ether oxygens (including phenoxy) is 2. The molecule has 0 fully saturated rings. The van der Waals surface area contributed by atoms with Crippen molar-refractivity contribution in [3.8, 4) is 0 Å². The van der Waals surface area contributed by atoms with Crippen molar-refractivity contribution in [1.29, 1.82) is 0 Å². The van der Waals surface area contributed by atoms with Crippen LogP contribution in [0.1, 0.15) is 6.92 Å². The van der Waals surface area contributed by atoms with Gasteiger partial charge in [0.1, 0.15) is 0 Å². The molecule has 0 saturated carbocycles. The van der Waals surface area contributed by atoms with Crippen LogP contribution in [0.3, 0.4) is 0 Å². The SMILES string of the molecule is COCCOCCNS(=O)(=O)C(C)CN. The molecule has 0 aliphatic carbocycles. The quantitative estimate of drug-likeness (QED) is 0.500. The van der Waals surface area contributed by atoms with Crippen molar-refractivity contribution >= 4 is 10.0 Å². The lowest BCUT2D eigenvalue weighted by atomic mass is 10.5. The van der Waals surface area contributed by atoms with Crippen LogP contribution < -0.4 is 10.5 Å². The Morgan fingerprint density at radius 3 is 2.53 bits per heavy atom. The average Bonchev–Trinajstić information content (AvgIpc) is 2.22. The lowest BCUT2D eigenvalue weighted by Gasteiger charge is -2.11. The zero-order chi connectivity index (χ0) is 11.7. The summed E-state index contributed by atoms with van der Waals surface area (Å²) in [4.78, 5) is 0. The van der Waals surface area contributed by atoms with E-state index in [0.29, 0.717) is 19.8 Å². The Hall–Kier alpha value is -0.210. The summed E-state index contributed by atoms with van der Waals surface area (Å²) < 4.78 is 35.0. The summed E-state index contributed by atoms with van der Waals surface area (Å²) in [7, 11) is -1.71. The van der Waals surface area contributed by atoms with Gasteiger partial charge in [-0.3, -0.25) is 0 Å². The van der Waals surface area contributed by atoms with Crippen molar-refractivity contribution in [2.45, 2.75) is 12.2 Å². The first-order valence-electron chi connectivity index (χ1n) is 4.79.